The lowest BCUT2D eigenvalue weighted by atomic mass is 9.75. The third-order valence-corrected chi connectivity index (χ3v) is 3.16. The maximum atomic E-state index is 12.0. The zero-order chi connectivity index (χ0) is 12.4. The van der Waals surface area contributed by atoms with Gasteiger partial charge in [-0.2, -0.15) is 0 Å². The van der Waals surface area contributed by atoms with Crippen LogP contribution < -0.4 is 5.73 Å². The molecule has 1 saturated carbocycles. The Morgan fingerprint density at radius 1 is 1.50 bits per heavy atom. The smallest absolute Gasteiger partial charge is 0.224 e. The summed E-state index contributed by atoms with van der Waals surface area (Å²) in [5.74, 6) is 0.0619. The molecule has 0 bridgehead atoms. The van der Waals surface area contributed by atoms with Gasteiger partial charge < -0.3 is 15.7 Å². The van der Waals surface area contributed by atoms with Gasteiger partial charge in [-0.05, 0) is 40.0 Å². The summed E-state index contributed by atoms with van der Waals surface area (Å²) in [6.45, 7) is 6.35. The molecular weight excluding hydrogens is 204 g/mol. The summed E-state index contributed by atoms with van der Waals surface area (Å²) >= 11 is 0. The maximum Gasteiger partial charge on any atom is 0.224 e. The summed E-state index contributed by atoms with van der Waals surface area (Å²) < 4.78 is 0. The van der Waals surface area contributed by atoms with E-state index in [1.807, 2.05) is 6.92 Å². The molecule has 0 aromatic rings. The van der Waals surface area contributed by atoms with Gasteiger partial charge in [0.05, 0.1) is 5.60 Å². The second-order valence-corrected chi connectivity index (χ2v) is 5.61. The predicted octanol–water partition coefficient (Wildman–Crippen LogP) is 0.877. The molecule has 1 amide bonds. The van der Waals surface area contributed by atoms with Crippen molar-refractivity contribution in [3.05, 3.63) is 0 Å². The summed E-state index contributed by atoms with van der Waals surface area (Å²) in [6.07, 6.45) is 3.43. The molecule has 4 nitrogen and oxygen atoms in total. The van der Waals surface area contributed by atoms with Crippen molar-refractivity contribution in [3.8, 4) is 0 Å². The summed E-state index contributed by atoms with van der Waals surface area (Å²) in [6, 6.07) is 0. The van der Waals surface area contributed by atoms with Gasteiger partial charge in [-0.3, -0.25) is 4.79 Å². The van der Waals surface area contributed by atoms with Crippen LogP contribution in [0.2, 0.25) is 0 Å². The van der Waals surface area contributed by atoms with E-state index in [1.165, 1.54) is 0 Å². The lowest BCUT2D eigenvalue weighted by Crippen LogP contribution is -2.52. The number of aliphatic hydroxyl groups is 1. The van der Waals surface area contributed by atoms with Gasteiger partial charge in [-0.15, -0.1) is 0 Å². The van der Waals surface area contributed by atoms with Gasteiger partial charge in [0.15, 0.2) is 0 Å². The minimum Gasteiger partial charge on any atom is -0.389 e. The van der Waals surface area contributed by atoms with Gasteiger partial charge in [0.25, 0.3) is 0 Å². The minimum absolute atomic E-state index is 0.0619. The highest BCUT2D eigenvalue weighted by Crippen LogP contribution is 2.32. The molecule has 0 radical (unpaired) electrons. The van der Waals surface area contributed by atoms with Crippen LogP contribution in [0.25, 0.3) is 0 Å². The highest BCUT2D eigenvalue weighted by Gasteiger charge is 2.36. The Bertz CT molecular complexity index is 254. The van der Waals surface area contributed by atoms with Gasteiger partial charge >= 0.3 is 0 Å². The van der Waals surface area contributed by atoms with Crippen LogP contribution in [0.1, 0.15) is 46.5 Å². The largest absolute Gasteiger partial charge is 0.389 e. The number of nitrogens with two attached hydrogens (primary N) is 1. The third kappa shape index (κ3) is 3.76. The number of likely N-dealkylation sites (N-methyl/N-ethyl adjacent to an activating group) is 1. The Balaban J connectivity index is 2.49. The van der Waals surface area contributed by atoms with E-state index in [1.54, 1.807) is 18.7 Å². The van der Waals surface area contributed by atoms with E-state index < -0.39 is 5.60 Å². The molecule has 0 unspecified atom stereocenters. The molecule has 0 atom stereocenters. The Morgan fingerprint density at radius 3 is 2.38 bits per heavy atom. The average molecular weight is 228 g/mol. The summed E-state index contributed by atoms with van der Waals surface area (Å²) in [4.78, 5) is 13.7. The van der Waals surface area contributed by atoms with Crippen molar-refractivity contribution in [1.29, 1.82) is 0 Å². The topological polar surface area (TPSA) is 66.6 Å². The number of carbonyl (C=O) groups excluding carboxylic acids is 1. The molecular formula is C12H24N2O2. The van der Waals surface area contributed by atoms with Gasteiger partial charge in [-0.25, -0.2) is 0 Å². The Kier molecular flexibility index (Phi) is 3.97. The van der Waals surface area contributed by atoms with Crippen molar-refractivity contribution < 1.29 is 9.90 Å². The summed E-state index contributed by atoms with van der Waals surface area (Å²) in [5.41, 5.74) is 4.94. The third-order valence-electron chi connectivity index (χ3n) is 3.16. The number of rotatable bonds is 5. The average Bonchev–Trinajstić information content (AvgIpc) is 2.10. The fraction of sp³-hybridized carbons (Fsp3) is 0.917. The van der Waals surface area contributed by atoms with Gasteiger partial charge in [0.1, 0.15) is 0 Å². The van der Waals surface area contributed by atoms with Crippen LogP contribution in [-0.2, 0) is 4.79 Å². The molecule has 94 valence electrons. The fourth-order valence-corrected chi connectivity index (χ4v) is 2.06. The molecule has 1 aliphatic rings. The van der Waals surface area contributed by atoms with E-state index in [-0.39, 0.29) is 11.4 Å². The molecule has 0 aromatic carbocycles. The van der Waals surface area contributed by atoms with E-state index in [2.05, 4.69) is 0 Å². The molecule has 0 aliphatic heterocycles. The molecule has 0 spiro atoms. The molecule has 16 heavy (non-hydrogen) atoms. The van der Waals surface area contributed by atoms with Crippen molar-refractivity contribution in [2.24, 2.45) is 5.73 Å². The van der Waals surface area contributed by atoms with Gasteiger partial charge in [-0.1, -0.05) is 0 Å². The molecule has 0 saturated heterocycles. The molecule has 4 heteroatoms. The monoisotopic (exact) mass is 228 g/mol. The number of amides is 1. The molecule has 0 heterocycles. The predicted molar refractivity (Wildman–Crippen MR) is 63.9 cm³/mol. The van der Waals surface area contributed by atoms with E-state index in [4.69, 9.17) is 5.73 Å². The van der Waals surface area contributed by atoms with E-state index in [0.717, 1.165) is 19.3 Å². The molecule has 1 fully saturated rings. The van der Waals surface area contributed by atoms with Crippen LogP contribution in [0.15, 0.2) is 0 Å². The van der Waals surface area contributed by atoms with Gasteiger partial charge in [0.2, 0.25) is 5.91 Å². The van der Waals surface area contributed by atoms with Crippen molar-refractivity contribution in [2.45, 2.75) is 57.6 Å². The summed E-state index contributed by atoms with van der Waals surface area (Å²) in [5, 5.41) is 9.71. The first kappa shape index (κ1) is 13.5. The first-order chi connectivity index (χ1) is 7.26. The summed E-state index contributed by atoms with van der Waals surface area (Å²) in [7, 11) is 0. The van der Waals surface area contributed by atoms with E-state index in [0.29, 0.717) is 19.5 Å². The number of nitrogens with zero attached hydrogens (tertiary/aromatic N) is 1. The van der Waals surface area contributed by atoms with Gasteiger partial charge in [0, 0.05) is 25.0 Å². The Morgan fingerprint density at radius 2 is 2.06 bits per heavy atom. The zero-order valence-electron chi connectivity index (χ0n) is 10.6. The van der Waals surface area contributed by atoms with Crippen LogP contribution in [0.3, 0.4) is 0 Å². The molecule has 1 aliphatic carbocycles. The van der Waals surface area contributed by atoms with Crippen LogP contribution >= 0.6 is 0 Å². The first-order valence-corrected chi connectivity index (χ1v) is 6.05. The Hall–Kier alpha value is -0.610. The second-order valence-electron chi connectivity index (χ2n) is 5.61. The highest BCUT2D eigenvalue weighted by atomic mass is 16.3. The van der Waals surface area contributed by atoms with Crippen LogP contribution in [0.4, 0.5) is 0 Å². The molecule has 1 rings (SSSR count). The first-order valence-electron chi connectivity index (χ1n) is 6.05. The number of hydrogen-bond donors (Lipinski definition) is 2. The van der Waals surface area contributed by atoms with E-state index in [9.17, 15) is 9.90 Å². The highest BCUT2D eigenvalue weighted by molar-refractivity contribution is 5.77. The molecule has 3 N–H and O–H groups in total. The van der Waals surface area contributed by atoms with Crippen LogP contribution in [0.5, 0.6) is 0 Å². The second kappa shape index (κ2) is 4.72. The van der Waals surface area contributed by atoms with Crippen molar-refractivity contribution in [2.75, 3.05) is 13.1 Å². The lowest BCUT2D eigenvalue weighted by Gasteiger charge is -2.39. The zero-order valence-corrected chi connectivity index (χ0v) is 10.6. The van der Waals surface area contributed by atoms with Crippen LogP contribution in [0, 0.1) is 0 Å². The standard InChI is InChI=1S/C12H24N2O2/c1-4-14(9-11(2,3)16)10(15)8-12(13)6-5-7-12/h16H,4-9,13H2,1-3H3. The normalized spacial score (nSPS) is 19.1. The SMILES string of the molecule is CCN(CC(C)(C)O)C(=O)CC1(N)CCC1. The maximum absolute atomic E-state index is 12.0. The lowest BCUT2D eigenvalue weighted by molar-refractivity contribution is -0.136. The minimum atomic E-state index is -0.840. The van der Waals surface area contributed by atoms with Crippen molar-refractivity contribution >= 4 is 5.91 Å². The van der Waals surface area contributed by atoms with Crippen molar-refractivity contribution in [3.63, 3.8) is 0 Å². The number of carbonyl (C=O) groups is 1. The van der Waals surface area contributed by atoms with Crippen molar-refractivity contribution in [1.82, 2.24) is 4.90 Å². The fourth-order valence-electron chi connectivity index (χ4n) is 2.06. The molecule has 0 aromatic heterocycles. The van der Waals surface area contributed by atoms with E-state index >= 15 is 0 Å². The number of hydrogen-bond acceptors (Lipinski definition) is 3. The quantitative estimate of drug-likeness (QED) is 0.734. The van der Waals surface area contributed by atoms with Crippen LogP contribution in [-0.4, -0.2) is 40.1 Å². The Labute approximate surface area is 97.8 Å².